The number of nitrogens with zero attached hydrogens (tertiary/aromatic N) is 3. The first kappa shape index (κ1) is 19.6. The minimum atomic E-state index is -0.520. The highest BCUT2D eigenvalue weighted by molar-refractivity contribution is 6.31. The lowest BCUT2D eigenvalue weighted by Gasteiger charge is -2.24. The van der Waals surface area contributed by atoms with Crippen LogP contribution in [0.4, 0.5) is 0 Å². The Kier molecular flexibility index (Phi) is 5.41. The maximum absolute atomic E-state index is 12.9. The molecule has 29 heavy (non-hydrogen) atoms. The number of hydrogen-bond donors (Lipinski definition) is 0. The molecule has 7 nitrogen and oxygen atoms in total. The van der Waals surface area contributed by atoms with Gasteiger partial charge >= 0.3 is 5.97 Å². The van der Waals surface area contributed by atoms with Crippen LogP contribution < -0.4 is 4.74 Å². The van der Waals surface area contributed by atoms with Gasteiger partial charge in [-0.3, -0.25) is 4.79 Å². The largest absolute Gasteiger partial charge is 0.476 e. The number of hydrogen-bond acceptors (Lipinski definition) is 6. The van der Waals surface area contributed by atoms with E-state index in [9.17, 15) is 9.59 Å². The average Bonchev–Trinajstić information content (AvgIpc) is 3.48. The Morgan fingerprint density at radius 1 is 1.38 bits per heavy atom. The van der Waals surface area contributed by atoms with Crippen LogP contribution in [-0.2, 0) is 11.3 Å². The van der Waals surface area contributed by atoms with Gasteiger partial charge in [-0.25, -0.2) is 14.8 Å². The average molecular weight is 416 g/mol. The first-order valence-electron chi connectivity index (χ1n) is 9.73. The van der Waals surface area contributed by atoms with Crippen LogP contribution in [0.5, 0.6) is 5.88 Å². The molecule has 1 saturated carbocycles. The van der Waals surface area contributed by atoms with Gasteiger partial charge in [0, 0.05) is 30.1 Å². The summed E-state index contributed by atoms with van der Waals surface area (Å²) >= 11 is 6.35. The van der Waals surface area contributed by atoms with Crippen LogP contribution in [0.1, 0.15) is 64.7 Å². The number of carbonyl (C=O) groups excluding carboxylic acids is 2. The molecule has 1 amide bonds. The van der Waals surface area contributed by atoms with Crippen molar-refractivity contribution >= 4 is 23.5 Å². The third-order valence-electron chi connectivity index (χ3n) is 5.28. The molecule has 0 radical (unpaired) electrons. The zero-order chi connectivity index (χ0) is 20.5. The Balaban J connectivity index is 1.54. The lowest BCUT2D eigenvalue weighted by Crippen LogP contribution is -2.27. The fourth-order valence-corrected chi connectivity index (χ4v) is 3.60. The van der Waals surface area contributed by atoms with Crippen LogP contribution in [0.3, 0.4) is 0 Å². The van der Waals surface area contributed by atoms with Gasteiger partial charge in [-0.05, 0) is 50.3 Å². The van der Waals surface area contributed by atoms with Gasteiger partial charge in [0.2, 0.25) is 5.88 Å². The molecule has 1 fully saturated rings. The van der Waals surface area contributed by atoms with Crippen LogP contribution in [-0.4, -0.2) is 40.0 Å². The molecule has 4 rings (SSSR count). The third kappa shape index (κ3) is 3.92. The Bertz CT molecular complexity index is 961. The highest BCUT2D eigenvalue weighted by Gasteiger charge is 2.35. The number of fused-ring (bicyclic) bond motifs is 1. The topological polar surface area (TPSA) is 81.6 Å². The molecule has 0 N–H and O–H groups in total. The van der Waals surface area contributed by atoms with Gasteiger partial charge in [-0.1, -0.05) is 11.6 Å². The molecule has 8 heteroatoms. The first-order chi connectivity index (χ1) is 14.0. The molecule has 1 aliphatic heterocycles. The monoisotopic (exact) mass is 415 g/mol. The maximum atomic E-state index is 12.9. The van der Waals surface area contributed by atoms with Gasteiger partial charge in [0.25, 0.3) is 5.91 Å². The lowest BCUT2D eigenvalue weighted by molar-refractivity contribution is 0.0515. The molecule has 1 atom stereocenters. The molecule has 152 valence electrons. The van der Waals surface area contributed by atoms with Gasteiger partial charge < -0.3 is 14.4 Å². The van der Waals surface area contributed by atoms with Crippen molar-refractivity contribution in [2.45, 2.75) is 39.3 Å². The van der Waals surface area contributed by atoms with E-state index < -0.39 is 5.97 Å². The number of amides is 1. The summed E-state index contributed by atoms with van der Waals surface area (Å²) in [6.07, 6.45) is 5.52. The number of esters is 1. The van der Waals surface area contributed by atoms with E-state index in [0.29, 0.717) is 34.6 Å². The zero-order valence-corrected chi connectivity index (χ0v) is 17.1. The van der Waals surface area contributed by atoms with Gasteiger partial charge in [0.15, 0.2) is 5.69 Å². The SMILES string of the molecule is CCOC(=O)c1nccc2c1CN(C(C)c1cnc(OCC3CC3)c(Cl)c1)C2=O. The number of ether oxygens (including phenoxy) is 2. The normalized spacial score (nSPS) is 16.5. The number of halogens is 1. The van der Waals surface area contributed by atoms with E-state index >= 15 is 0 Å². The summed E-state index contributed by atoms with van der Waals surface area (Å²) in [6, 6.07) is 3.13. The van der Waals surface area contributed by atoms with E-state index in [0.717, 1.165) is 5.56 Å². The van der Waals surface area contributed by atoms with E-state index in [1.807, 2.05) is 6.92 Å². The number of carbonyl (C=O) groups is 2. The second kappa shape index (κ2) is 7.99. The second-order valence-electron chi connectivity index (χ2n) is 7.33. The summed E-state index contributed by atoms with van der Waals surface area (Å²) < 4.78 is 10.7. The Labute approximate surface area is 174 Å². The van der Waals surface area contributed by atoms with Crippen molar-refractivity contribution < 1.29 is 19.1 Å². The summed E-state index contributed by atoms with van der Waals surface area (Å²) in [6.45, 7) is 4.78. The molecule has 2 aromatic rings. The van der Waals surface area contributed by atoms with Crippen LogP contribution in [0.2, 0.25) is 5.02 Å². The van der Waals surface area contributed by atoms with Gasteiger partial charge in [0.1, 0.15) is 5.02 Å². The summed E-state index contributed by atoms with van der Waals surface area (Å²) in [5.74, 6) is 0.341. The standard InChI is InChI=1S/C21H22ClN3O4/c1-3-28-21(27)18-16-10-25(20(26)15(16)6-7-23-18)12(2)14-8-17(22)19(24-9-14)29-11-13-4-5-13/h6-9,12-13H,3-5,10-11H2,1-2H3. The zero-order valence-electron chi connectivity index (χ0n) is 16.4. The molecule has 1 aliphatic carbocycles. The highest BCUT2D eigenvalue weighted by atomic mass is 35.5. The van der Waals surface area contributed by atoms with Crippen molar-refractivity contribution in [2.75, 3.05) is 13.2 Å². The highest BCUT2D eigenvalue weighted by Crippen LogP contribution is 2.35. The van der Waals surface area contributed by atoms with E-state index in [1.165, 1.54) is 19.0 Å². The smallest absolute Gasteiger partial charge is 0.357 e. The van der Waals surface area contributed by atoms with E-state index in [4.69, 9.17) is 21.1 Å². The number of aromatic nitrogens is 2. The van der Waals surface area contributed by atoms with Crippen molar-refractivity contribution in [1.82, 2.24) is 14.9 Å². The van der Waals surface area contributed by atoms with Crippen molar-refractivity contribution in [1.29, 1.82) is 0 Å². The third-order valence-corrected chi connectivity index (χ3v) is 5.55. The number of rotatable bonds is 7. The summed E-state index contributed by atoms with van der Waals surface area (Å²) in [4.78, 5) is 35.3. The summed E-state index contributed by atoms with van der Waals surface area (Å²) in [7, 11) is 0. The van der Waals surface area contributed by atoms with Gasteiger partial charge in [-0.2, -0.15) is 0 Å². The number of pyridine rings is 2. The molecule has 0 aromatic carbocycles. The molecule has 2 aromatic heterocycles. The quantitative estimate of drug-likeness (QED) is 0.639. The first-order valence-corrected chi connectivity index (χ1v) is 10.1. The van der Waals surface area contributed by atoms with Crippen molar-refractivity contribution in [2.24, 2.45) is 5.92 Å². The van der Waals surface area contributed by atoms with Crippen molar-refractivity contribution in [3.63, 3.8) is 0 Å². The lowest BCUT2D eigenvalue weighted by atomic mass is 10.1. The fraction of sp³-hybridized carbons (Fsp3) is 0.429. The van der Waals surface area contributed by atoms with Crippen LogP contribution >= 0.6 is 11.6 Å². The van der Waals surface area contributed by atoms with Gasteiger partial charge in [-0.15, -0.1) is 0 Å². The van der Waals surface area contributed by atoms with E-state index in [2.05, 4.69) is 9.97 Å². The molecular formula is C21H22ClN3O4. The Morgan fingerprint density at radius 3 is 2.86 bits per heavy atom. The summed E-state index contributed by atoms with van der Waals surface area (Å²) in [5, 5.41) is 0.424. The van der Waals surface area contributed by atoms with E-state index in [1.54, 1.807) is 30.2 Å². The second-order valence-corrected chi connectivity index (χ2v) is 7.73. The molecule has 0 saturated heterocycles. The molecule has 1 unspecified atom stereocenters. The van der Waals surface area contributed by atoms with Crippen molar-refractivity contribution in [3.05, 3.63) is 51.9 Å². The predicted octanol–water partition coefficient (Wildman–Crippen LogP) is 3.81. The molecular weight excluding hydrogens is 394 g/mol. The van der Waals surface area contributed by atoms with Crippen LogP contribution in [0.15, 0.2) is 24.5 Å². The Hall–Kier alpha value is -2.67. The minimum absolute atomic E-state index is 0.161. The molecule has 0 bridgehead atoms. The predicted molar refractivity (Wildman–Crippen MR) is 106 cm³/mol. The molecule has 2 aliphatic rings. The minimum Gasteiger partial charge on any atom is -0.476 e. The van der Waals surface area contributed by atoms with Gasteiger partial charge in [0.05, 0.1) is 19.3 Å². The Morgan fingerprint density at radius 2 is 2.17 bits per heavy atom. The summed E-state index contributed by atoms with van der Waals surface area (Å²) in [5.41, 5.74) is 2.04. The fourth-order valence-electron chi connectivity index (χ4n) is 3.37. The van der Waals surface area contributed by atoms with Crippen molar-refractivity contribution in [3.8, 4) is 5.88 Å². The van der Waals surface area contributed by atoms with Crippen LogP contribution in [0, 0.1) is 5.92 Å². The molecule has 3 heterocycles. The van der Waals surface area contributed by atoms with Crippen LogP contribution in [0.25, 0.3) is 0 Å². The molecule has 0 spiro atoms. The maximum Gasteiger partial charge on any atom is 0.357 e. The van der Waals surface area contributed by atoms with E-state index in [-0.39, 0.29) is 30.8 Å².